The summed E-state index contributed by atoms with van der Waals surface area (Å²) >= 11 is 0. The van der Waals surface area contributed by atoms with E-state index in [0.717, 1.165) is 12.0 Å². The fourth-order valence-electron chi connectivity index (χ4n) is 1.27. The Kier molecular flexibility index (Phi) is 1.74. The van der Waals surface area contributed by atoms with Gasteiger partial charge >= 0.3 is 0 Å². The highest BCUT2D eigenvalue weighted by Gasteiger charge is 2.14. The zero-order valence-electron chi connectivity index (χ0n) is 5.75. The van der Waals surface area contributed by atoms with Crippen LogP contribution in [0.3, 0.4) is 0 Å². The van der Waals surface area contributed by atoms with Gasteiger partial charge in [-0.15, -0.1) is 0 Å². The highest BCUT2D eigenvalue weighted by molar-refractivity contribution is 5.32. The first-order chi connectivity index (χ1) is 4.36. The third-order valence-electron chi connectivity index (χ3n) is 1.76. The first kappa shape index (κ1) is 7.25. The molecule has 0 saturated heterocycles. The van der Waals surface area contributed by atoms with Crippen LogP contribution < -0.4 is 6.15 Å². The number of aliphatic hydroxyl groups excluding tert-OH is 1. The van der Waals surface area contributed by atoms with E-state index in [9.17, 15) is 5.11 Å². The Morgan fingerprint density at radius 3 is 2.80 bits per heavy atom. The molecule has 0 aromatic heterocycles. The van der Waals surface area contributed by atoms with E-state index in [0.29, 0.717) is 0 Å². The molecular formula is C8H11NO. The number of aliphatic hydroxyl groups is 1. The van der Waals surface area contributed by atoms with Gasteiger partial charge in [0.25, 0.3) is 0 Å². The summed E-state index contributed by atoms with van der Waals surface area (Å²) < 4.78 is 0. The normalized spacial score (nSPS) is 20.3. The van der Waals surface area contributed by atoms with Gasteiger partial charge in [-0.05, 0) is 11.1 Å². The second-order valence-electron chi connectivity index (χ2n) is 2.46. The van der Waals surface area contributed by atoms with Crippen LogP contribution in [0.25, 0.3) is 0 Å². The van der Waals surface area contributed by atoms with Crippen LogP contribution in [0, 0.1) is 0 Å². The summed E-state index contributed by atoms with van der Waals surface area (Å²) in [6, 6.07) is 8.03. The summed E-state index contributed by atoms with van der Waals surface area (Å²) in [6.45, 7) is 0. The molecule has 0 heterocycles. The van der Waals surface area contributed by atoms with E-state index in [-0.39, 0.29) is 12.3 Å². The maximum Gasteiger partial charge on any atom is 0.0830 e. The van der Waals surface area contributed by atoms with Gasteiger partial charge in [0, 0.05) is 6.42 Å². The average molecular weight is 137 g/mol. The van der Waals surface area contributed by atoms with Crippen molar-refractivity contribution in [3.8, 4) is 0 Å². The molecule has 1 atom stereocenters. The van der Waals surface area contributed by atoms with Gasteiger partial charge in [-0.25, -0.2) is 0 Å². The third kappa shape index (κ3) is 0.916. The zero-order valence-corrected chi connectivity index (χ0v) is 5.75. The Balaban J connectivity index is 0.000000500. The third-order valence-corrected chi connectivity index (χ3v) is 1.76. The molecule has 54 valence electrons. The van der Waals surface area contributed by atoms with E-state index < -0.39 is 0 Å². The largest absolute Gasteiger partial charge is 0.388 e. The fourth-order valence-corrected chi connectivity index (χ4v) is 1.27. The zero-order chi connectivity index (χ0) is 6.27. The van der Waals surface area contributed by atoms with E-state index in [1.807, 2.05) is 24.3 Å². The van der Waals surface area contributed by atoms with Crippen molar-refractivity contribution in [2.24, 2.45) is 0 Å². The molecule has 0 fully saturated rings. The quantitative estimate of drug-likeness (QED) is 0.568. The van der Waals surface area contributed by atoms with Crippen molar-refractivity contribution in [2.45, 2.75) is 12.5 Å². The van der Waals surface area contributed by atoms with Crippen LogP contribution in [0.4, 0.5) is 0 Å². The molecule has 2 heteroatoms. The molecule has 0 aliphatic heterocycles. The predicted octanol–water partition coefficient (Wildman–Crippen LogP) is 1.44. The van der Waals surface area contributed by atoms with Crippen LogP contribution in [0.15, 0.2) is 24.3 Å². The van der Waals surface area contributed by atoms with Crippen LogP contribution in [0.5, 0.6) is 0 Å². The molecular weight excluding hydrogens is 126 g/mol. The Morgan fingerprint density at radius 2 is 2.20 bits per heavy atom. The minimum absolute atomic E-state index is 0. The van der Waals surface area contributed by atoms with Gasteiger partial charge < -0.3 is 11.3 Å². The molecule has 2 nitrogen and oxygen atoms in total. The molecule has 2 rings (SSSR count). The van der Waals surface area contributed by atoms with Crippen LogP contribution in [-0.2, 0) is 6.42 Å². The molecule has 4 N–H and O–H groups in total. The standard InChI is InChI=1S/C8H8O.H3N/c9-8-5-6-2-1-3-7(8)4-6;/h1-4,8-9H,5H2;1H3/t8-;/m0./s1. The Morgan fingerprint density at radius 1 is 1.40 bits per heavy atom. The second-order valence-corrected chi connectivity index (χ2v) is 2.46. The van der Waals surface area contributed by atoms with Crippen LogP contribution in [0.1, 0.15) is 17.2 Å². The minimum atomic E-state index is -0.227. The summed E-state index contributed by atoms with van der Waals surface area (Å²) in [7, 11) is 0. The van der Waals surface area contributed by atoms with Crippen molar-refractivity contribution < 1.29 is 5.11 Å². The summed E-state index contributed by atoms with van der Waals surface area (Å²) in [5.74, 6) is 0. The van der Waals surface area contributed by atoms with Crippen molar-refractivity contribution in [3.05, 3.63) is 35.4 Å². The highest BCUT2D eigenvalue weighted by Crippen LogP contribution is 2.25. The second kappa shape index (κ2) is 2.40. The van der Waals surface area contributed by atoms with E-state index in [1.54, 1.807) is 0 Å². The van der Waals surface area contributed by atoms with Gasteiger partial charge in [0.15, 0.2) is 0 Å². The lowest BCUT2D eigenvalue weighted by atomic mass is 10.2. The van der Waals surface area contributed by atoms with Gasteiger partial charge in [-0.2, -0.15) is 0 Å². The van der Waals surface area contributed by atoms with E-state index in [1.165, 1.54) is 5.56 Å². The van der Waals surface area contributed by atoms with Crippen molar-refractivity contribution in [3.63, 3.8) is 0 Å². The van der Waals surface area contributed by atoms with Crippen molar-refractivity contribution >= 4 is 0 Å². The minimum Gasteiger partial charge on any atom is -0.388 e. The molecule has 0 radical (unpaired) electrons. The number of benzene rings is 1. The lowest BCUT2D eigenvalue weighted by Crippen LogP contribution is -1.90. The first-order valence-electron chi connectivity index (χ1n) is 3.13. The molecule has 0 unspecified atom stereocenters. The Hall–Kier alpha value is -0.860. The molecule has 0 saturated carbocycles. The molecule has 0 amide bonds. The van der Waals surface area contributed by atoms with E-state index in [2.05, 4.69) is 0 Å². The van der Waals surface area contributed by atoms with Gasteiger partial charge in [-0.1, -0.05) is 24.3 Å². The van der Waals surface area contributed by atoms with Crippen LogP contribution >= 0.6 is 0 Å². The molecule has 0 spiro atoms. The molecule has 1 aliphatic rings. The smallest absolute Gasteiger partial charge is 0.0830 e. The van der Waals surface area contributed by atoms with Crippen LogP contribution in [-0.4, -0.2) is 5.11 Å². The number of rotatable bonds is 0. The van der Waals surface area contributed by atoms with Gasteiger partial charge in [0.2, 0.25) is 0 Å². The SMILES string of the molecule is N.O[C@H]1Cc2cccc1c2. The fraction of sp³-hybridized carbons (Fsp3) is 0.250. The van der Waals surface area contributed by atoms with E-state index in [4.69, 9.17) is 0 Å². The highest BCUT2D eigenvalue weighted by atomic mass is 16.3. The monoisotopic (exact) mass is 137 g/mol. The van der Waals surface area contributed by atoms with Crippen molar-refractivity contribution in [2.75, 3.05) is 0 Å². The summed E-state index contributed by atoms with van der Waals surface area (Å²) in [5, 5.41) is 9.24. The summed E-state index contributed by atoms with van der Waals surface area (Å²) in [6.07, 6.45) is 0.581. The molecule has 1 aliphatic carbocycles. The number of hydrogen-bond donors (Lipinski definition) is 2. The topological polar surface area (TPSA) is 55.2 Å². The van der Waals surface area contributed by atoms with Crippen molar-refractivity contribution in [1.82, 2.24) is 6.15 Å². The summed E-state index contributed by atoms with van der Waals surface area (Å²) in [4.78, 5) is 0. The average Bonchev–Trinajstić information content (AvgIpc) is 2.09. The lowest BCUT2D eigenvalue weighted by molar-refractivity contribution is 0.185. The van der Waals surface area contributed by atoms with Gasteiger partial charge in [0.05, 0.1) is 6.10 Å². The lowest BCUT2D eigenvalue weighted by Gasteiger charge is -1.96. The van der Waals surface area contributed by atoms with E-state index >= 15 is 0 Å². The van der Waals surface area contributed by atoms with Crippen molar-refractivity contribution in [1.29, 1.82) is 0 Å². The predicted molar refractivity (Wildman–Crippen MR) is 40.1 cm³/mol. The van der Waals surface area contributed by atoms with Gasteiger partial charge in [-0.3, -0.25) is 0 Å². The van der Waals surface area contributed by atoms with Gasteiger partial charge in [0.1, 0.15) is 0 Å². The maximum atomic E-state index is 9.24. The Labute approximate surface area is 60.1 Å². The number of fused-ring (bicyclic) bond motifs is 2. The molecule has 1 aromatic carbocycles. The molecule has 2 bridgehead atoms. The first-order valence-corrected chi connectivity index (χ1v) is 3.13. The molecule has 10 heavy (non-hydrogen) atoms. The number of hydrogen-bond acceptors (Lipinski definition) is 2. The van der Waals surface area contributed by atoms with Crippen LogP contribution in [0.2, 0.25) is 0 Å². The Bertz CT molecular complexity index is 234. The maximum absolute atomic E-state index is 9.24. The summed E-state index contributed by atoms with van der Waals surface area (Å²) in [5.41, 5.74) is 2.31. The molecule has 1 aromatic rings.